The van der Waals surface area contributed by atoms with Gasteiger partial charge in [0, 0.05) is 6.08 Å². The highest BCUT2D eigenvalue weighted by molar-refractivity contribution is 5.02. The lowest BCUT2D eigenvalue weighted by Gasteiger charge is -2.33. The highest BCUT2D eigenvalue weighted by Crippen LogP contribution is 2.25. The van der Waals surface area contributed by atoms with Gasteiger partial charge in [-0.1, -0.05) is 0 Å². The Morgan fingerprint density at radius 3 is 1.63 bits per heavy atom. The summed E-state index contributed by atoms with van der Waals surface area (Å²) in [6.07, 6.45) is -0.812. The Hall–Kier alpha value is -1.00. The van der Waals surface area contributed by atoms with Crippen LogP contribution in [-0.2, 0) is 4.74 Å². The monoisotopic (exact) mass is 280 g/mol. The predicted octanol–water partition coefficient (Wildman–Crippen LogP) is -2.97. The molecule has 0 spiro atoms. The molecule has 0 aromatic rings. The molecule has 0 aromatic carbocycles. The second-order valence-electron chi connectivity index (χ2n) is 3.93. The number of aliphatic hydroxyl groups is 7. The van der Waals surface area contributed by atoms with Gasteiger partial charge in [0.05, 0.1) is 31.5 Å². The van der Waals surface area contributed by atoms with Crippen molar-refractivity contribution in [1.29, 1.82) is 0 Å². The van der Waals surface area contributed by atoms with E-state index in [2.05, 4.69) is 0 Å². The van der Waals surface area contributed by atoms with Gasteiger partial charge in [0.15, 0.2) is 12.6 Å². The number of aliphatic hydroxyl groups excluding tert-OH is 5. The molecule has 0 saturated heterocycles. The number of hydrogen-bond donors (Lipinski definition) is 7. The van der Waals surface area contributed by atoms with Gasteiger partial charge in [-0.05, 0) is 12.2 Å². The van der Waals surface area contributed by atoms with Crippen LogP contribution < -0.4 is 0 Å². The summed E-state index contributed by atoms with van der Waals surface area (Å²) in [5.41, 5.74) is -1.46. The van der Waals surface area contributed by atoms with E-state index in [-0.39, 0.29) is 0 Å². The Morgan fingerprint density at radius 2 is 1.26 bits per heavy atom. The molecule has 0 aliphatic carbocycles. The molecule has 8 nitrogen and oxygen atoms in total. The SMILES string of the molecule is OCC(CO)(CO)C(C=CC(O)O)OC=CC(O)O. The van der Waals surface area contributed by atoms with Gasteiger partial charge in [-0.2, -0.15) is 0 Å². The molecule has 0 fully saturated rings. The van der Waals surface area contributed by atoms with Gasteiger partial charge >= 0.3 is 0 Å². The fourth-order valence-electron chi connectivity index (χ4n) is 1.21. The van der Waals surface area contributed by atoms with Gasteiger partial charge < -0.3 is 40.5 Å². The van der Waals surface area contributed by atoms with E-state index >= 15 is 0 Å². The van der Waals surface area contributed by atoms with E-state index in [1.54, 1.807) is 0 Å². The maximum absolute atomic E-state index is 9.24. The van der Waals surface area contributed by atoms with Gasteiger partial charge in [-0.15, -0.1) is 0 Å². The zero-order valence-electron chi connectivity index (χ0n) is 10.2. The van der Waals surface area contributed by atoms with E-state index in [0.29, 0.717) is 0 Å². The Labute approximate surface area is 110 Å². The molecule has 0 bridgehead atoms. The third-order valence-corrected chi connectivity index (χ3v) is 2.48. The van der Waals surface area contributed by atoms with Crippen LogP contribution in [0.5, 0.6) is 0 Å². The standard InChI is InChI=1S/C11H20O8/c12-5-11(6-13,7-14)8(1-2-9(15)16)19-4-3-10(17)18/h1-4,8-10,12-18H,5-7H2. The second-order valence-corrected chi connectivity index (χ2v) is 3.93. The van der Waals surface area contributed by atoms with Crippen molar-refractivity contribution in [3.05, 3.63) is 24.5 Å². The van der Waals surface area contributed by atoms with Crippen molar-refractivity contribution in [3.8, 4) is 0 Å². The van der Waals surface area contributed by atoms with Crippen LogP contribution >= 0.6 is 0 Å². The third kappa shape index (κ3) is 6.12. The van der Waals surface area contributed by atoms with E-state index in [1.165, 1.54) is 0 Å². The summed E-state index contributed by atoms with van der Waals surface area (Å²) in [5, 5.41) is 62.4. The normalized spacial score (nSPS) is 15.0. The molecule has 1 unspecified atom stereocenters. The Morgan fingerprint density at radius 1 is 0.789 bits per heavy atom. The lowest BCUT2D eigenvalue weighted by molar-refractivity contribution is -0.0710. The molecule has 112 valence electrons. The summed E-state index contributed by atoms with van der Waals surface area (Å²) in [5.74, 6) is 0. The average molecular weight is 280 g/mol. The molecule has 0 aliphatic heterocycles. The maximum atomic E-state index is 9.24. The van der Waals surface area contributed by atoms with Crippen LogP contribution in [0, 0.1) is 5.41 Å². The molecule has 1 atom stereocenters. The molecule has 8 heteroatoms. The lowest BCUT2D eigenvalue weighted by atomic mass is 9.84. The number of hydrogen-bond acceptors (Lipinski definition) is 8. The van der Waals surface area contributed by atoms with Crippen molar-refractivity contribution in [1.82, 2.24) is 0 Å². The first-order chi connectivity index (χ1) is 8.91. The Kier molecular flexibility index (Phi) is 8.52. The summed E-state index contributed by atoms with van der Waals surface area (Å²) in [6.45, 7) is -1.90. The van der Waals surface area contributed by atoms with Crippen LogP contribution in [-0.4, -0.2) is 74.3 Å². The summed E-state index contributed by atoms with van der Waals surface area (Å²) < 4.78 is 5.05. The van der Waals surface area contributed by atoms with Crippen LogP contribution in [0.25, 0.3) is 0 Å². The highest BCUT2D eigenvalue weighted by Gasteiger charge is 2.37. The van der Waals surface area contributed by atoms with Crippen molar-refractivity contribution in [3.63, 3.8) is 0 Å². The van der Waals surface area contributed by atoms with Crippen molar-refractivity contribution in [2.24, 2.45) is 5.41 Å². The zero-order valence-corrected chi connectivity index (χ0v) is 10.2. The van der Waals surface area contributed by atoms with E-state index in [0.717, 1.165) is 24.5 Å². The molecule has 0 amide bonds. The van der Waals surface area contributed by atoms with Crippen LogP contribution in [0.4, 0.5) is 0 Å². The third-order valence-electron chi connectivity index (χ3n) is 2.48. The smallest absolute Gasteiger partial charge is 0.174 e. The largest absolute Gasteiger partial charge is 0.493 e. The van der Waals surface area contributed by atoms with Crippen molar-refractivity contribution in [2.75, 3.05) is 19.8 Å². The molecule has 7 N–H and O–H groups in total. The molecule has 0 saturated carbocycles. The maximum Gasteiger partial charge on any atom is 0.174 e. The van der Waals surface area contributed by atoms with Crippen molar-refractivity contribution >= 4 is 0 Å². The summed E-state index contributed by atoms with van der Waals surface area (Å²) >= 11 is 0. The van der Waals surface area contributed by atoms with E-state index in [4.69, 9.17) is 25.2 Å². The van der Waals surface area contributed by atoms with Crippen molar-refractivity contribution < 1.29 is 40.5 Å². The van der Waals surface area contributed by atoms with Crippen LogP contribution in [0.2, 0.25) is 0 Å². The minimum absolute atomic E-state index is 0.633. The Balaban J connectivity index is 5.02. The van der Waals surface area contributed by atoms with Gasteiger partial charge in [0.2, 0.25) is 0 Å². The summed E-state index contributed by atoms with van der Waals surface area (Å²) in [7, 11) is 0. The quantitative estimate of drug-likeness (QED) is 0.134. The average Bonchev–Trinajstić information content (AvgIpc) is 2.37. The Bertz CT molecular complexity index is 274. The number of rotatable bonds is 9. The summed E-state index contributed by atoms with van der Waals surface area (Å²) in [4.78, 5) is 0. The first-order valence-electron chi connectivity index (χ1n) is 5.47. The van der Waals surface area contributed by atoms with Gasteiger partial charge in [-0.25, -0.2) is 0 Å². The highest BCUT2D eigenvalue weighted by atomic mass is 16.5. The van der Waals surface area contributed by atoms with Crippen LogP contribution in [0.15, 0.2) is 24.5 Å². The van der Waals surface area contributed by atoms with E-state index in [9.17, 15) is 15.3 Å². The second kappa shape index (κ2) is 8.99. The molecule has 19 heavy (non-hydrogen) atoms. The number of ether oxygens (including phenoxy) is 1. The zero-order chi connectivity index (χ0) is 14.9. The van der Waals surface area contributed by atoms with Crippen LogP contribution in [0.3, 0.4) is 0 Å². The van der Waals surface area contributed by atoms with Crippen LogP contribution in [0.1, 0.15) is 0 Å². The van der Waals surface area contributed by atoms with E-state index < -0.39 is 43.9 Å². The molecule has 0 heterocycles. The fraction of sp³-hybridized carbons (Fsp3) is 0.636. The topological polar surface area (TPSA) is 151 Å². The minimum atomic E-state index is -1.77. The van der Waals surface area contributed by atoms with Gasteiger partial charge in [0.25, 0.3) is 0 Å². The first-order valence-corrected chi connectivity index (χ1v) is 5.47. The molecular formula is C11H20O8. The first kappa shape index (κ1) is 18.0. The molecule has 0 aromatic heterocycles. The van der Waals surface area contributed by atoms with Crippen molar-refractivity contribution in [2.45, 2.75) is 18.7 Å². The minimum Gasteiger partial charge on any atom is -0.493 e. The predicted molar refractivity (Wildman–Crippen MR) is 63.3 cm³/mol. The molecule has 0 rings (SSSR count). The van der Waals surface area contributed by atoms with Gasteiger partial charge in [-0.3, -0.25) is 0 Å². The van der Waals surface area contributed by atoms with E-state index in [1.807, 2.05) is 0 Å². The lowest BCUT2D eigenvalue weighted by Crippen LogP contribution is -2.45. The molecule has 0 aliphatic rings. The summed E-state index contributed by atoms with van der Waals surface area (Å²) in [6, 6.07) is 0. The fourth-order valence-corrected chi connectivity index (χ4v) is 1.21. The van der Waals surface area contributed by atoms with Gasteiger partial charge in [0.1, 0.15) is 6.10 Å². The molecular weight excluding hydrogens is 260 g/mol. The molecule has 0 radical (unpaired) electrons.